The van der Waals surface area contributed by atoms with Crippen LogP contribution in [0.5, 0.6) is 0 Å². The number of benzene rings is 9. The maximum absolute atomic E-state index is 6.99. The van der Waals surface area contributed by atoms with Crippen LogP contribution in [0.2, 0.25) is 0 Å². The molecule has 0 saturated heterocycles. The highest BCUT2D eigenvalue weighted by Gasteiger charge is 2.22. The lowest BCUT2D eigenvalue weighted by atomic mass is 10.00. The first kappa shape index (κ1) is 32.4. The molecular formula is C53H32N4O. The molecule has 12 rings (SSSR count). The van der Waals surface area contributed by atoms with Crippen molar-refractivity contribution in [1.29, 1.82) is 0 Å². The van der Waals surface area contributed by atoms with E-state index in [0.29, 0.717) is 17.5 Å². The molecule has 9 aromatic carbocycles. The van der Waals surface area contributed by atoms with Crippen molar-refractivity contribution in [2.45, 2.75) is 0 Å². The number of fused-ring (bicyclic) bond motifs is 9. The summed E-state index contributed by atoms with van der Waals surface area (Å²) < 4.78 is 9.32. The molecule has 270 valence electrons. The first-order valence-corrected chi connectivity index (χ1v) is 19.5. The Labute approximate surface area is 333 Å². The lowest BCUT2D eigenvalue weighted by Gasteiger charge is -2.13. The summed E-state index contributed by atoms with van der Waals surface area (Å²) in [6, 6.07) is 68.0. The summed E-state index contributed by atoms with van der Waals surface area (Å²) in [5, 5.41) is 9.05. The molecule has 0 aliphatic carbocycles. The Morgan fingerprint density at radius 2 is 0.845 bits per heavy atom. The lowest BCUT2D eigenvalue weighted by molar-refractivity contribution is 0.670. The van der Waals surface area contributed by atoms with E-state index in [1.807, 2.05) is 30.3 Å². The second-order valence-corrected chi connectivity index (χ2v) is 14.8. The third-order valence-electron chi connectivity index (χ3n) is 11.4. The van der Waals surface area contributed by atoms with E-state index < -0.39 is 0 Å². The highest BCUT2D eigenvalue weighted by Crippen LogP contribution is 2.42. The van der Waals surface area contributed by atoms with Crippen LogP contribution in [0.3, 0.4) is 0 Å². The van der Waals surface area contributed by atoms with Gasteiger partial charge in [-0.25, -0.2) is 15.0 Å². The zero-order valence-electron chi connectivity index (χ0n) is 31.2. The number of furan rings is 1. The third kappa shape index (κ3) is 5.14. The van der Waals surface area contributed by atoms with Gasteiger partial charge in [0.1, 0.15) is 5.58 Å². The van der Waals surface area contributed by atoms with Crippen LogP contribution in [-0.2, 0) is 0 Å². The summed E-state index contributed by atoms with van der Waals surface area (Å²) in [6.45, 7) is 0. The molecule has 3 aromatic heterocycles. The summed E-state index contributed by atoms with van der Waals surface area (Å²) in [5.74, 6) is 1.80. The van der Waals surface area contributed by atoms with Crippen LogP contribution in [0.15, 0.2) is 199 Å². The van der Waals surface area contributed by atoms with Gasteiger partial charge >= 0.3 is 0 Å². The van der Waals surface area contributed by atoms with Gasteiger partial charge in [-0.05, 0) is 63.7 Å². The van der Waals surface area contributed by atoms with E-state index in [0.717, 1.165) is 77.2 Å². The molecule has 3 heterocycles. The Morgan fingerprint density at radius 1 is 0.310 bits per heavy atom. The monoisotopic (exact) mass is 740 g/mol. The molecule has 0 amide bonds. The highest BCUT2D eigenvalue weighted by molar-refractivity contribution is 6.18. The van der Waals surface area contributed by atoms with Gasteiger partial charge in [0.2, 0.25) is 0 Å². The number of hydrogen-bond donors (Lipinski definition) is 0. The zero-order chi connectivity index (χ0) is 38.2. The van der Waals surface area contributed by atoms with Crippen molar-refractivity contribution in [3.05, 3.63) is 194 Å². The van der Waals surface area contributed by atoms with Crippen molar-refractivity contribution >= 4 is 65.3 Å². The van der Waals surface area contributed by atoms with Crippen LogP contribution in [0.4, 0.5) is 0 Å². The molecule has 12 aromatic rings. The minimum absolute atomic E-state index is 0.585. The topological polar surface area (TPSA) is 56.7 Å². The fourth-order valence-electron chi connectivity index (χ4n) is 8.60. The van der Waals surface area contributed by atoms with Crippen LogP contribution >= 0.6 is 0 Å². The van der Waals surface area contributed by atoms with Crippen molar-refractivity contribution in [1.82, 2.24) is 19.5 Å². The molecule has 5 heteroatoms. The largest absolute Gasteiger partial charge is 0.453 e. The van der Waals surface area contributed by atoms with Crippen molar-refractivity contribution < 1.29 is 4.42 Å². The molecular weight excluding hydrogens is 709 g/mol. The lowest BCUT2D eigenvalue weighted by Crippen LogP contribution is -2.01. The van der Waals surface area contributed by atoms with Gasteiger partial charge in [0.15, 0.2) is 23.1 Å². The summed E-state index contributed by atoms with van der Waals surface area (Å²) in [6.07, 6.45) is 0. The fourth-order valence-corrected chi connectivity index (χ4v) is 8.60. The highest BCUT2D eigenvalue weighted by atomic mass is 16.3. The SMILES string of the molecule is c1ccc(-c2nc(-c3ccc(-c4ccc5ccccc5c4)cc3)nc(-c3cc(-n4c5ccccc5c5ccccc54)c4oc5c6ccccc6ccc5c4c3)n2)cc1. The Morgan fingerprint density at radius 3 is 1.57 bits per heavy atom. The van der Waals surface area contributed by atoms with E-state index in [-0.39, 0.29) is 0 Å². The molecule has 0 fully saturated rings. The van der Waals surface area contributed by atoms with E-state index in [1.54, 1.807) is 0 Å². The molecule has 58 heavy (non-hydrogen) atoms. The summed E-state index contributed by atoms with van der Waals surface area (Å²) in [7, 11) is 0. The number of para-hydroxylation sites is 2. The number of nitrogens with zero attached hydrogens (tertiary/aromatic N) is 4. The predicted molar refractivity (Wildman–Crippen MR) is 238 cm³/mol. The normalized spacial score (nSPS) is 11.8. The molecule has 0 spiro atoms. The molecule has 0 unspecified atom stereocenters. The Kier molecular flexibility index (Phi) is 7.16. The van der Waals surface area contributed by atoms with E-state index in [4.69, 9.17) is 19.4 Å². The molecule has 0 bridgehead atoms. The minimum Gasteiger partial charge on any atom is -0.453 e. The molecule has 5 nitrogen and oxygen atoms in total. The van der Waals surface area contributed by atoms with E-state index >= 15 is 0 Å². The standard InChI is InChI=1S/C53H32N4O/c1-2-14-36(15-3-1)51-54-52(37-25-22-34(23-26-37)39-27-24-33-12-4-5-16-38(33)30-39)56-53(55-51)40-31-45-44-29-28-35-13-6-7-17-41(35)49(44)58-50(45)48(32-40)57-46-20-10-8-18-42(46)43-19-9-11-21-47(43)57/h1-32H. The maximum atomic E-state index is 6.99. The van der Waals surface area contributed by atoms with E-state index in [2.05, 4.69) is 168 Å². The number of aromatic nitrogens is 4. The fraction of sp³-hybridized carbons (Fsp3) is 0. The molecule has 0 saturated carbocycles. The predicted octanol–water partition coefficient (Wildman–Crippen LogP) is 13.8. The van der Waals surface area contributed by atoms with Gasteiger partial charge in [-0.2, -0.15) is 0 Å². The smallest absolute Gasteiger partial charge is 0.164 e. The van der Waals surface area contributed by atoms with Crippen molar-refractivity contribution in [2.24, 2.45) is 0 Å². The van der Waals surface area contributed by atoms with Crippen LogP contribution in [-0.4, -0.2) is 19.5 Å². The summed E-state index contributed by atoms with van der Waals surface area (Å²) in [5.41, 5.74) is 9.79. The number of hydrogen-bond acceptors (Lipinski definition) is 4. The average Bonchev–Trinajstić information content (AvgIpc) is 3.85. The zero-order valence-corrected chi connectivity index (χ0v) is 31.2. The van der Waals surface area contributed by atoms with Crippen molar-refractivity contribution in [3.63, 3.8) is 0 Å². The summed E-state index contributed by atoms with van der Waals surface area (Å²) >= 11 is 0. The maximum Gasteiger partial charge on any atom is 0.164 e. The van der Waals surface area contributed by atoms with Crippen molar-refractivity contribution in [3.8, 4) is 51.0 Å². The Balaban J connectivity index is 1.10. The van der Waals surface area contributed by atoms with Gasteiger partial charge in [0.05, 0.1) is 16.7 Å². The van der Waals surface area contributed by atoms with Crippen molar-refractivity contribution in [2.75, 3.05) is 0 Å². The Bertz CT molecular complexity index is 3510. The van der Waals surface area contributed by atoms with E-state index in [9.17, 15) is 0 Å². The second kappa shape index (κ2) is 12.8. The molecule has 0 N–H and O–H groups in total. The molecule has 0 aliphatic rings. The third-order valence-corrected chi connectivity index (χ3v) is 11.4. The van der Waals surface area contributed by atoms with Crippen LogP contribution < -0.4 is 0 Å². The first-order chi connectivity index (χ1) is 28.7. The first-order valence-electron chi connectivity index (χ1n) is 19.5. The van der Waals surface area contributed by atoms with Crippen LogP contribution in [0, 0.1) is 0 Å². The number of rotatable bonds is 5. The quantitative estimate of drug-likeness (QED) is 0.176. The van der Waals surface area contributed by atoms with Gasteiger partial charge < -0.3 is 8.98 Å². The average molecular weight is 741 g/mol. The Hall–Kier alpha value is -7.89. The van der Waals surface area contributed by atoms with Gasteiger partial charge in [0, 0.05) is 43.6 Å². The summed E-state index contributed by atoms with van der Waals surface area (Å²) in [4.78, 5) is 15.5. The van der Waals surface area contributed by atoms with E-state index in [1.165, 1.54) is 21.5 Å². The molecule has 0 aliphatic heterocycles. The van der Waals surface area contributed by atoms with Gasteiger partial charge in [0.25, 0.3) is 0 Å². The molecule has 0 radical (unpaired) electrons. The minimum atomic E-state index is 0.585. The van der Waals surface area contributed by atoms with Gasteiger partial charge in [-0.1, -0.05) is 158 Å². The van der Waals surface area contributed by atoms with Crippen LogP contribution in [0.1, 0.15) is 0 Å². The second-order valence-electron chi connectivity index (χ2n) is 14.8. The van der Waals surface area contributed by atoms with Gasteiger partial charge in [-0.15, -0.1) is 0 Å². The molecule has 0 atom stereocenters. The van der Waals surface area contributed by atoms with Gasteiger partial charge in [-0.3, -0.25) is 0 Å². The van der Waals surface area contributed by atoms with Crippen LogP contribution in [0.25, 0.3) is 116 Å².